The minimum atomic E-state index is -1.85. The number of carbonyl (C=O) groups is 1. The van der Waals surface area contributed by atoms with Crippen molar-refractivity contribution in [3.63, 3.8) is 0 Å². The maximum absolute atomic E-state index is 14.2. The normalized spacial score (nSPS) is 42.1. The summed E-state index contributed by atoms with van der Waals surface area (Å²) in [7, 11) is 5.46. The lowest BCUT2D eigenvalue weighted by molar-refractivity contribution is -0.307. The van der Waals surface area contributed by atoms with Gasteiger partial charge in [-0.15, -0.1) is 0 Å². The zero-order valence-electron chi connectivity index (χ0n) is 35.1. The molecular weight excluding hydrogens is 708 g/mol. The molecule has 0 amide bonds. The molecule has 314 valence electrons. The van der Waals surface area contributed by atoms with Gasteiger partial charge >= 0.3 is 5.97 Å². The molecule has 15 atom stereocenters. The maximum Gasteiger partial charge on any atom is 0.311 e. The number of benzene rings is 1. The number of carbonyl (C=O) groups excluding carboxylic acids is 1. The van der Waals surface area contributed by atoms with Crippen molar-refractivity contribution in [3.8, 4) is 0 Å². The lowest BCUT2D eigenvalue weighted by Crippen LogP contribution is -2.60. The van der Waals surface area contributed by atoms with E-state index in [1.54, 1.807) is 27.9 Å². The van der Waals surface area contributed by atoms with Crippen molar-refractivity contribution in [2.45, 2.75) is 167 Å². The Kier molecular flexibility index (Phi) is 16.5. The van der Waals surface area contributed by atoms with E-state index in [0.29, 0.717) is 31.6 Å². The van der Waals surface area contributed by atoms with Crippen LogP contribution in [0.25, 0.3) is 0 Å². The second-order valence-electron chi connectivity index (χ2n) is 16.9. The summed E-state index contributed by atoms with van der Waals surface area (Å²) in [4.78, 5) is 22.2. The van der Waals surface area contributed by atoms with E-state index < -0.39 is 83.9 Å². The number of rotatable bonds is 10. The molecule has 0 bridgehead atoms. The van der Waals surface area contributed by atoms with Crippen LogP contribution in [0.3, 0.4) is 0 Å². The first-order valence-electron chi connectivity index (χ1n) is 20.3. The summed E-state index contributed by atoms with van der Waals surface area (Å²) in [6.45, 7) is 15.4. The van der Waals surface area contributed by atoms with Crippen LogP contribution in [0.1, 0.15) is 99.5 Å². The van der Waals surface area contributed by atoms with Crippen molar-refractivity contribution in [2.24, 2.45) is 28.8 Å². The second-order valence-corrected chi connectivity index (χ2v) is 16.9. The van der Waals surface area contributed by atoms with E-state index in [1.165, 1.54) is 6.92 Å². The van der Waals surface area contributed by atoms with Crippen molar-refractivity contribution in [1.29, 1.82) is 0 Å². The topological polar surface area (TPSA) is 158 Å². The van der Waals surface area contributed by atoms with Crippen molar-refractivity contribution in [2.75, 3.05) is 27.8 Å². The number of hydrogen-bond acceptors (Lipinski definition) is 13. The summed E-state index contributed by atoms with van der Waals surface area (Å²) in [6.07, 6.45) is -3.23. The predicted octanol–water partition coefficient (Wildman–Crippen LogP) is 5.07. The number of oxime groups is 1. The van der Waals surface area contributed by atoms with Crippen LogP contribution in [0, 0.1) is 23.7 Å². The number of aliphatic hydroxyl groups is 3. The highest BCUT2D eigenvalue weighted by molar-refractivity contribution is 5.88. The first-order chi connectivity index (χ1) is 25.9. The van der Waals surface area contributed by atoms with Gasteiger partial charge in [-0.05, 0) is 85.9 Å². The lowest BCUT2D eigenvalue weighted by Gasteiger charge is -2.49. The van der Waals surface area contributed by atoms with Gasteiger partial charge in [0.15, 0.2) is 12.6 Å². The molecule has 3 N–H and O–H groups in total. The number of aliphatic hydroxyl groups excluding tert-OH is 2. The van der Waals surface area contributed by atoms with Crippen LogP contribution in [-0.2, 0) is 44.7 Å². The quantitative estimate of drug-likeness (QED) is 0.214. The van der Waals surface area contributed by atoms with Crippen LogP contribution in [0.2, 0.25) is 0 Å². The van der Waals surface area contributed by atoms with E-state index in [9.17, 15) is 20.1 Å². The molecular formula is C42H70N2O11. The van der Waals surface area contributed by atoms with Crippen LogP contribution in [0.5, 0.6) is 0 Å². The van der Waals surface area contributed by atoms with Gasteiger partial charge < -0.3 is 53.5 Å². The number of nitrogens with zero attached hydrogens (tertiary/aromatic N) is 2. The summed E-state index contributed by atoms with van der Waals surface area (Å²) in [5, 5.41) is 40.3. The zero-order chi connectivity index (χ0) is 40.7. The smallest absolute Gasteiger partial charge is 0.311 e. The van der Waals surface area contributed by atoms with E-state index in [0.717, 1.165) is 18.4 Å². The van der Waals surface area contributed by atoms with E-state index >= 15 is 0 Å². The Hall–Kier alpha value is -2.20. The van der Waals surface area contributed by atoms with Crippen LogP contribution in [0.15, 0.2) is 35.5 Å². The Morgan fingerprint density at radius 3 is 2.29 bits per heavy atom. The molecule has 13 heteroatoms. The average molecular weight is 779 g/mol. The van der Waals surface area contributed by atoms with Gasteiger partial charge in [0.25, 0.3) is 0 Å². The minimum Gasteiger partial charge on any atom is -0.459 e. The third-order valence-electron chi connectivity index (χ3n) is 12.2. The molecule has 4 rings (SSSR count). The molecule has 0 spiro atoms. The fourth-order valence-electron chi connectivity index (χ4n) is 8.75. The van der Waals surface area contributed by atoms with Crippen LogP contribution < -0.4 is 0 Å². The van der Waals surface area contributed by atoms with Crippen molar-refractivity contribution < 1.29 is 53.4 Å². The predicted molar refractivity (Wildman–Crippen MR) is 208 cm³/mol. The summed E-state index contributed by atoms with van der Waals surface area (Å²) < 4.78 is 38.6. The van der Waals surface area contributed by atoms with E-state index in [-0.39, 0.29) is 25.2 Å². The molecule has 0 aliphatic carbocycles. The summed E-state index contributed by atoms with van der Waals surface area (Å²) in [6, 6.07) is 9.41. The van der Waals surface area contributed by atoms with Crippen LogP contribution in [-0.4, -0.2) is 126 Å². The van der Waals surface area contributed by atoms with Gasteiger partial charge in [0, 0.05) is 37.5 Å². The van der Waals surface area contributed by atoms with Gasteiger partial charge in [-0.25, -0.2) is 0 Å². The van der Waals surface area contributed by atoms with E-state index in [2.05, 4.69) is 5.16 Å². The molecule has 1 aromatic carbocycles. The third-order valence-corrected chi connectivity index (χ3v) is 12.2. The van der Waals surface area contributed by atoms with Gasteiger partial charge in [0.05, 0.1) is 41.6 Å². The first kappa shape index (κ1) is 45.5. The highest BCUT2D eigenvalue weighted by Crippen LogP contribution is 2.41. The molecule has 1 aromatic rings. The molecule has 3 heterocycles. The van der Waals surface area contributed by atoms with Gasteiger partial charge in [-0.2, -0.15) is 0 Å². The highest BCUT2D eigenvalue weighted by atomic mass is 16.7. The number of likely N-dealkylation sites (N-methyl/N-ethyl adjacent to an activating group) is 1. The van der Waals surface area contributed by atoms with E-state index in [4.69, 9.17) is 33.3 Å². The Morgan fingerprint density at radius 1 is 1.00 bits per heavy atom. The molecule has 55 heavy (non-hydrogen) atoms. The SMILES string of the molecule is CC[C@H]1OC(=O)[C@H](C)[C@@H](OC2CCCCO2)[C@H](C)[C@@H](O[C@@H]2O[C@H](C)C[C@H](N(C)C)[C@H]2O)[C@](C)(OC)C[C@@H](C)/C(=N\OCc2ccccc2)[C@H](C)[C@@H](O)[C@]1(C)O. The summed E-state index contributed by atoms with van der Waals surface area (Å²) in [5.41, 5.74) is -1.56. The summed E-state index contributed by atoms with van der Waals surface area (Å²) >= 11 is 0. The number of ether oxygens (including phenoxy) is 6. The molecule has 3 aliphatic heterocycles. The van der Waals surface area contributed by atoms with Gasteiger partial charge in [-0.1, -0.05) is 63.2 Å². The second kappa shape index (κ2) is 20.0. The van der Waals surface area contributed by atoms with Gasteiger partial charge in [0.2, 0.25) is 0 Å². The van der Waals surface area contributed by atoms with Crippen molar-refractivity contribution in [3.05, 3.63) is 35.9 Å². The molecule has 1 unspecified atom stereocenters. The molecule has 13 nitrogen and oxygen atoms in total. The maximum atomic E-state index is 14.2. The first-order valence-corrected chi connectivity index (χ1v) is 20.3. The molecule has 3 saturated heterocycles. The van der Waals surface area contributed by atoms with Crippen molar-refractivity contribution >= 4 is 11.7 Å². The lowest BCUT2D eigenvalue weighted by atomic mass is 9.73. The fraction of sp³-hybridized carbons (Fsp3) is 0.810. The third kappa shape index (κ3) is 11.1. The van der Waals surface area contributed by atoms with E-state index in [1.807, 2.05) is 77.0 Å². The number of methoxy groups -OCH3 is 1. The average Bonchev–Trinajstić information content (AvgIpc) is 3.16. The highest BCUT2D eigenvalue weighted by Gasteiger charge is 2.52. The Labute approximate surface area is 329 Å². The largest absolute Gasteiger partial charge is 0.459 e. The molecule has 3 fully saturated rings. The molecule has 0 radical (unpaired) electrons. The minimum absolute atomic E-state index is 0.193. The Balaban J connectivity index is 1.86. The Morgan fingerprint density at radius 2 is 1.69 bits per heavy atom. The molecule has 0 saturated carbocycles. The number of cyclic esters (lactones) is 1. The number of esters is 1. The fourth-order valence-corrected chi connectivity index (χ4v) is 8.75. The Bertz CT molecular complexity index is 1360. The van der Waals surface area contributed by atoms with Crippen molar-refractivity contribution in [1.82, 2.24) is 4.90 Å². The van der Waals surface area contributed by atoms with Gasteiger partial charge in [0.1, 0.15) is 24.4 Å². The molecule has 3 aliphatic rings. The number of hydrogen-bond donors (Lipinski definition) is 3. The van der Waals surface area contributed by atoms with Crippen LogP contribution >= 0.6 is 0 Å². The summed E-state index contributed by atoms with van der Waals surface area (Å²) in [5.74, 6) is -3.15. The van der Waals surface area contributed by atoms with Gasteiger partial charge in [-0.3, -0.25) is 4.79 Å². The monoisotopic (exact) mass is 778 g/mol. The standard InChI is InChI=1S/C42H70N2O11/c1-12-32-42(8,48)37(46)27(4)34(43-51-24-30-18-14-13-15-19-30)25(2)23-41(7,49-11)38(55-40-35(45)31(44(9)10)22-26(3)52-40)28(5)36(29(6)39(47)53-32)54-33-20-16-17-21-50-33/h13-15,18-19,25-29,31-33,35-38,40,45-46,48H,12,16-17,20-24H2,1-11H3/b43-34+/t25-,26-,27+,28+,29-,31+,32-,33?,35-,36+,37-,38-,40+,41-,42-/m1/s1. The zero-order valence-corrected chi connectivity index (χ0v) is 35.1. The molecule has 0 aromatic heterocycles. The van der Waals surface area contributed by atoms with Crippen LogP contribution in [0.4, 0.5) is 0 Å².